The van der Waals surface area contributed by atoms with Gasteiger partial charge >= 0.3 is 0 Å². The van der Waals surface area contributed by atoms with Crippen LogP contribution in [-0.2, 0) is 0 Å². The average Bonchev–Trinajstić information content (AvgIpc) is 3.05. The second kappa shape index (κ2) is 5.21. The first-order valence-corrected chi connectivity index (χ1v) is 7.25. The molecule has 102 valence electrons. The Morgan fingerprint density at radius 3 is 2.95 bits per heavy atom. The Bertz CT molecular complexity index is 515. The van der Waals surface area contributed by atoms with E-state index in [1.807, 2.05) is 12.1 Å². The molecule has 1 saturated carbocycles. The highest BCUT2D eigenvalue weighted by Gasteiger charge is 2.31. The summed E-state index contributed by atoms with van der Waals surface area (Å²) < 4.78 is 0. The number of anilines is 1. The van der Waals surface area contributed by atoms with Gasteiger partial charge in [-0.3, -0.25) is 0 Å². The maximum absolute atomic E-state index is 5.91. The molecule has 1 aromatic heterocycles. The number of benzene rings is 1. The van der Waals surface area contributed by atoms with Gasteiger partial charge < -0.3 is 15.6 Å². The lowest BCUT2D eigenvalue weighted by atomic mass is 10.0. The third-order valence-corrected chi connectivity index (χ3v) is 4.31. The summed E-state index contributed by atoms with van der Waals surface area (Å²) in [6, 6.07) is 8.74. The fourth-order valence-electron chi connectivity index (χ4n) is 3.32. The molecule has 4 heteroatoms. The van der Waals surface area contributed by atoms with Crippen LogP contribution in [0.15, 0.2) is 24.3 Å². The first-order chi connectivity index (χ1) is 9.33. The summed E-state index contributed by atoms with van der Waals surface area (Å²) >= 11 is 0. The Kier molecular flexibility index (Phi) is 3.42. The van der Waals surface area contributed by atoms with Gasteiger partial charge in [-0.2, -0.15) is 0 Å². The summed E-state index contributed by atoms with van der Waals surface area (Å²) in [5.74, 6) is 1.60. The van der Waals surface area contributed by atoms with Gasteiger partial charge in [0.25, 0.3) is 0 Å². The zero-order chi connectivity index (χ0) is 13.2. The standard InChI is InChI=1S/C15H22N4/c1-2-19(14-9-5-6-11(14)10-16)15-17-12-7-3-4-8-13(12)18-15/h3-4,7-8,11,14H,2,5-6,9-10,16H2,1H3,(H,17,18). The zero-order valence-electron chi connectivity index (χ0n) is 11.5. The molecule has 19 heavy (non-hydrogen) atoms. The summed E-state index contributed by atoms with van der Waals surface area (Å²) in [7, 11) is 0. The molecule has 1 aliphatic carbocycles. The molecule has 0 radical (unpaired) electrons. The Hall–Kier alpha value is -1.55. The van der Waals surface area contributed by atoms with Gasteiger partial charge in [0.2, 0.25) is 5.95 Å². The van der Waals surface area contributed by atoms with Crippen molar-refractivity contribution in [2.45, 2.75) is 32.2 Å². The molecule has 1 heterocycles. The highest BCUT2D eigenvalue weighted by molar-refractivity contribution is 5.77. The first kappa shape index (κ1) is 12.5. The Morgan fingerprint density at radius 2 is 2.21 bits per heavy atom. The lowest BCUT2D eigenvalue weighted by molar-refractivity contribution is 0.457. The van der Waals surface area contributed by atoms with Crippen LogP contribution < -0.4 is 10.6 Å². The highest BCUT2D eigenvalue weighted by atomic mass is 15.3. The van der Waals surface area contributed by atoms with Crippen molar-refractivity contribution in [2.24, 2.45) is 11.7 Å². The first-order valence-electron chi connectivity index (χ1n) is 7.25. The van der Waals surface area contributed by atoms with Gasteiger partial charge in [-0.25, -0.2) is 4.98 Å². The highest BCUT2D eigenvalue weighted by Crippen LogP contribution is 2.31. The Labute approximate surface area is 114 Å². The van der Waals surface area contributed by atoms with Crippen LogP contribution in [0.4, 0.5) is 5.95 Å². The molecule has 2 unspecified atom stereocenters. The van der Waals surface area contributed by atoms with E-state index in [0.717, 1.165) is 30.1 Å². The van der Waals surface area contributed by atoms with Crippen molar-refractivity contribution < 1.29 is 0 Å². The lowest BCUT2D eigenvalue weighted by Crippen LogP contribution is -2.41. The second-order valence-electron chi connectivity index (χ2n) is 5.36. The van der Waals surface area contributed by atoms with Crippen LogP contribution in [0, 0.1) is 5.92 Å². The van der Waals surface area contributed by atoms with E-state index in [4.69, 9.17) is 10.7 Å². The second-order valence-corrected chi connectivity index (χ2v) is 5.36. The number of H-pyrrole nitrogens is 1. The van der Waals surface area contributed by atoms with Crippen molar-refractivity contribution >= 4 is 17.0 Å². The number of nitrogens with zero attached hydrogens (tertiary/aromatic N) is 2. The van der Waals surface area contributed by atoms with E-state index >= 15 is 0 Å². The number of aromatic nitrogens is 2. The quantitative estimate of drug-likeness (QED) is 0.886. The number of hydrogen-bond donors (Lipinski definition) is 2. The van der Waals surface area contributed by atoms with E-state index in [1.165, 1.54) is 19.3 Å². The van der Waals surface area contributed by atoms with Crippen molar-refractivity contribution in [3.63, 3.8) is 0 Å². The number of aromatic amines is 1. The summed E-state index contributed by atoms with van der Waals surface area (Å²) in [6.07, 6.45) is 3.76. The molecule has 0 bridgehead atoms. The van der Waals surface area contributed by atoms with Gasteiger partial charge in [-0.05, 0) is 44.4 Å². The number of rotatable bonds is 4. The van der Waals surface area contributed by atoms with E-state index in [9.17, 15) is 0 Å². The van der Waals surface area contributed by atoms with Crippen LogP contribution in [0.2, 0.25) is 0 Å². The third kappa shape index (κ3) is 2.21. The molecule has 1 aromatic carbocycles. The van der Waals surface area contributed by atoms with Crippen molar-refractivity contribution in [3.05, 3.63) is 24.3 Å². The molecule has 1 aliphatic rings. The normalized spacial score (nSPS) is 23.1. The van der Waals surface area contributed by atoms with Crippen LogP contribution in [0.3, 0.4) is 0 Å². The molecular weight excluding hydrogens is 236 g/mol. The maximum Gasteiger partial charge on any atom is 0.204 e. The van der Waals surface area contributed by atoms with E-state index in [-0.39, 0.29) is 0 Å². The fraction of sp³-hybridized carbons (Fsp3) is 0.533. The zero-order valence-corrected chi connectivity index (χ0v) is 11.5. The number of nitrogens with two attached hydrogens (primary N) is 1. The minimum atomic E-state index is 0.538. The largest absolute Gasteiger partial charge is 0.339 e. The molecule has 3 rings (SSSR count). The summed E-state index contributed by atoms with van der Waals surface area (Å²) in [6.45, 7) is 3.95. The minimum absolute atomic E-state index is 0.538. The molecule has 3 N–H and O–H groups in total. The van der Waals surface area contributed by atoms with Crippen LogP contribution in [0.1, 0.15) is 26.2 Å². The van der Waals surface area contributed by atoms with Gasteiger partial charge in [-0.15, -0.1) is 0 Å². The number of hydrogen-bond acceptors (Lipinski definition) is 3. The van der Waals surface area contributed by atoms with Gasteiger partial charge in [0.05, 0.1) is 11.0 Å². The molecule has 4 nitrogen and oxygen atoms in total. The average molecular weight is 258 g/mol. The molecule has 2 aromatic rings. The van der Waals surface area contributed by atoms with E-state index in [1.54, 1.807) is 0 Å². The monoisotopic (exact) mass is 258 g/mol. The van der Waals surface area contributed by atoms with E-state index in [2.05, 4.69) is 28.9 Å². The Morgan fingerprint density at radius 1 is 1.37 bits per heavy atom. The molecule has 0 saturated heterocycles. The SMILES string of the molecule is CCN(c1nc2ccccc2[nH]1)C1CCCC1CN. The topological polar surface area (TPSA) is 57.9 Å². The van der Waals surface area contributed by atoms with Gasteiger partial charge in [0.1, 0.15) is 0 Å². The van der Waals surface area contributed by atoms with Crippen LogP contribution in [-0.4, -0.2) is 29.1 Å². The fourth-order valence-corrected chi connectivity index (χ4v) is 3.32. The van der Waals surface area contributed by atoms with Gasteiger partial charge in [0, 0.05) is 12.6 Å². The smallest absolute Gasteiger partial charge is 0.204 e. The van der Waals surface area contributed by atoms with Crippen LogP contribution in [0.5, 0.6) is 0 Å². The molecule has 2 atom stereocenters. The van der Waals surface area contributed by atoms with Gasteiger partial charge in [-0.1, -0.05) is 18.6 Å². The number of para-hydroxylation sites is 2. The van der Waals surface area contributed by atoms with E-state index in [0.29, 0.717) is 12.0 Å². The number of imidazole rings is 1. The molecular formula is C15H22N4. The summed E-state index contributed by atoms with van der Waals surface area (Å²) in [5.41, 5.74) is 8.06. The van der Waals surface area contributed by atoms with Crippen molar-refractivity contribution in [1.29, 1.82) is 0 Å². The van der Waals surface area contributed by atoms with Crippen LogP contribution in [0.25, 0.3) is 11.0 Å². The molecule has 0 spiro atoms. The lowest BCUT2D eigenvalue weighted by Gasteiger charge is -2.31. The predicted octanol–water partition coefficient (Wildman–Crippen LogP) is 2.52. The molecule has 0 amide bonds. The van der Waals surface area contributed by atoms with E-state index < -0.39 is 0 Å². The minimum Gasteiger partial charge on any atom is -0.339 e. The molecule has 0 aliphatic heterocycles. The summed E-state index contributed by atoms with van der Waals surface area (Å²) in [5, 5.41) is 0. The molecule has 1 fully saturated rings. The number of nitrogens with one attached hydrogen (secondary N) is 1. The maximum atomic E-state index is 5.91. The van der Waals surface area contributed by atoms with Crippen LogP contribution >= 0.6 is 0 Å². The van der Waals surface area contributed by atoms with Crippen molar-refractivity contribution in [3.8, 4) is 0 Å². The predicted molar refractivity (Wildman–Crippen MR) is 79.3 cm³/mol. The third-order valence-electron chi connectivity index (χ3n) is 4.31. The van der Waals surface area contributed by atoms with Crippen molar-refractivity contribution in [1.82, 2.24) is 9.97 Å². The summed E-state index contributed by atoms with van der Waals surface area (Å²) in [4.78, 5) is 10.6. The van der Waals surface area contributed by atoms with Gasteiger partial charge in [0.15, 0.2) is 0 Å². The number of fused-ring (bicyclic) bond motifs is 1. The Balaban J connectivity index is 1.93. The van der Waals surface area contributed by atoms with Crippen molar-refractivity contribution in [2.75, 3.05) is 18.0 Å².